The fourth-order valence-corrected chi connectivity index (χ4v) is 4.21. The van der Waals surface area contributed by atoms with Crippen molar-refractivity contribution in [2.75, 3.05) is 0 Å². The van der Waals surface area contributed by atoms with Crippen molar-refractivity contribution in [1.82, 2.24) is 16.1 Å². The van der Waals surface area contributed by atoms with E-state index >= 15 is 0 Å². The van der Waals surface area contributed by atoms with Gasteiger partial charge < -0.3 is 6.15 Å². The molecule has 3 N–H and O–H groups in total. The third kappa shape index (κ3) is 4.26. The molecule has 0 bridgehead atoms. The van der Waals surface area contributed by atoms with Gasteiger partial charge in [-0.1, -0.05) is 0 Å². The third-order valence-electron chi connectivity index (χ3n) is 4.31. The van der Waals surface area contributed by atoms with Crippen LogP contribution in [-0.4, -0.2) is 14.4 Å². The number of pyridine rings is 2. The molecule has 5 heteroatoms. The van der Waals surface area contributed by atoms with Gasteiger partial charge in [0.15, 0.2) is 0 Å². The van der Waals surface area contributed by atoms with Gasteiger partial charge in [-0.2, -0.15) is 0 Å². The summed E-state index contributed by atoms with van der Waals surface area (Å²) >= 11 is 0.919. The summed E-state index contributed by atoms with van der Waals surface area (Å²) < 4.78 is 2.64. The number of rotatable bonds is 2. The average Bonchev–Trinajstić information content (AvgIpc) is 2.63. The van der Waals surface area contributed by atoms with Gasteiger partial charge in [0.25, 0.3) is 0 Å². The summed E-state index contributed by atoms with van der Waals surface area (Å²) in [5.41, 5.74) is 5.65. The quantitative estimate of drug-likeness (QED) is 0.369. The minimum Gasteiger partial charge on any atom is -0.344 e. The number of hydrogen-bond acceptors (Lipinski definition) is 3. The van der Waals surface area contributed by atoms with Gasteiger partial charge in [-0.05, 0) is 0 Å². The molecule has 2 aromatic heterocycles. The van der Waals surface area contributed by atoms with E-state index in [1.165, 1.54) is 20.0 Å². The first-order chi connectivity index (χ1) is 12.1. The Morgan fingerprint density at radius 2 is 1.59 bits per heavy atom. The Morgan fingerprint density at radius 1 is 0.889 bits per heavy atom. The molecule has 0 aliphatic rings. The Hall–Kier alpha value is -2.10. The molecule has 0 aliphatic heterocycles. The largest absolute Gasteiger partial charge is 0.344 e. The summed E-state index contributed by atoms with van der Waals surface area (Å²) in [4.78, 5) is 9.49. The van der Waals surface area contributed by atoms with Crippen molar-refractivity contribution in [3.05, 3.63) is 77.6 Å². The molecule has 27 heavy (non-hydrogen) atoms. The van der Waals surface area contributed by atoms with Gasteiger partial charge in [0.2, 0.25) is 0 Å². The van der Waals surface area contributed by atoms with E-state index in [1.54, 1.807) is 0 Å². The van der Waals surface area contributed by atoms with Crippen molar-refractivity contribution in [1.29, 1.82) is 0 Å². The fraction of sp³-hybridized carbons (Fsp3) is 0.136. The molecular weight excluding hydrogens is 398 g/mol. The van der Waals surface area contributed by atoms with Crippen molar-refractivity contribution in [3.8, 4) is 0 Å². The van der Waals surface area contributed by atoms with Gasteiger partial charge in [0.05, 0.1) is 0 Å². The van der Waals surface area contributed by atoms with Crippen LogP contribution in [0.4, 0.5) is 0 Å². The van der Waals surface area contributed by atoms with Gasteiger partial charge in [-0.3, -0.25) is 0 Å². The van der Waals surface area contributed by atoms with Gasteiger partial charge in [0.1, 0.15) is 0 Å². The Bertz CT molecular complexity index is 1140. The molecule has 0 spiro atoms. The van der Waals surface area contributed by atoms with Crippen LogP contribution >= 0.6 is 12.4 Å². The Labute approximate surface area is 171 Å². The molecule has 0 atom stereocenters. The second-order valence-electron chi connectivity index (χ2n) is 6.25. The monoisotopic (exact) mass is 420 g/mol. The maximum atomic E-state index is 4.95. The molecule has 0 unspecified atom stereocenters. The molecule has 4 rings (SSSR count). The van der Waals surface area contributed by atoms with Crippen LogP contribution in [0.3, 0.4) is 0 Å². The molecule has 2 heterocycles. The SMILES string of the molecule is C/[C](=[Fe]\[c]1ccc(C)cc1C)c1ccc2ccc3cccnc3c2n1.Cl.N. The molecule has 0 radical (unpaired) electrons. The van der Waals surface area contributed by atoms with Crippen LogP contribution in [-0.2, 0) is 14.5 Å². The van der Waals surface area contributed by atoms with E-state index in [4.69, 9.17) is 4.98 Å². The second kappa shape index (κ2) is 8.73. The molecule has 0 saturated carbocycles. The number of aromatic nitrogens is 2. The van der Waals surface area contributed by atoms with Crippen LogP contribution in [0.5, 0.6) is 0 Å². The van der Waals surface area contributed by atoms with Gasteiger partial charge >= 0.3 is 154 Å². The number of halogens is 1. The number of benzene rings is 2. The zero-order chi connectivity index (χ0) is 17.4. The predicted molar refractivity (Wildman–Crippen MR) is 115 cm³/mol. The standard InChI is InChI=1S/C14H10N2.C8H9.ClH.Fe.H3N/c1-2-12-8-7-11-6-5-10-4-3-9-15-13(10)14(11)16-12;1-7-4-3-5-8(2)6-7;;;/h3-9H,1H3;3-4,6H,1-2H3;1H;;1H3. The molecule has 0 fully saturated rings. The Morgan fingerprint density at radius 3 is 2.33 bits per heavy atom. The van der Waals surface area contributed by atoms with Gasteiger partial charge in [-0.15, -0.1) is 12.4 Å². The predicted octanol–water partition coefficient (Wildman–Crippen LogP) is 4.93. The van der Waals surface area contributed by atoms with Crippen LogP contribution in [0.15, 0.2) is 60.8 Å². The number of hydrogen-bond donors (Lipinski definition) is 1. The van der Waals surface area contributed by atoms with Crippen molar-refractivity contribution >= 4 is 43.1 Å². The average molecular weight is 421 g/mol. The van der Waals surface area contributed by atoms with E-state index in [9.17, 15) is 0 Å². The minimum atomic E-state index is 0. The topological polar surface area (TPSA) is 60.8 Å². The number of fused-ring (bicyclic) bond motifs is 3. The van der Waals surface area contributed by atoms with Crippen LogP contribution in [0.1, 0.15) is 23.7 Å². The molecule has 0 saturated heterocycles. The van der Waals surface area contributed by atoms with Crippen LogP contribution < -0.4 is 10.6 Å². The van der Waals surface area contributed by atoms with E-state index < -0.39 is 0 Å². The zero-order valence-corrected chi connectivity index (χ0v) is 17.6. The zero-order valence-electron chi connectivity index (χ0n) is 15.6. The van der Waals surface area contributed by atoms with Crippen molar-refractivity contribution in [3.63, 3.8) is 0 Å². The first-order valence-corrected chi connectivity index (χ1v) is 9.40. The van der Waals surface area contributed by atoms with E-state index in [2.05, 4.69) is 74.3 Å². The molecule has 0 aliphatic carbocycles. The maximum absolute atomic E-state index is 4.95. The summed E-state index contributed by atoms with van der Waals surface area (Å²) in [7, 11) is 0. The van der Waals surface area contributed by atoms with E-state index in [0.29, 0.717) is 0 Å². The molecule has 4 aromatic rings. The molecule has 0 amide bonds. The molecule has 141 valence electrons. The second-order valence-corrected chi connectivity index (χ2v) is 7.95. The summed E-state index contributed by atoms with van der Waals surface area (Å²) in [6.07, 6.45) is 1.84. The molecule has 2 aromatic carbocycles. The Kier molecular flexibility index (Phi) is 6.85. The molecular formula is C22H23ClFeN3. The summed E-state index contributed by atoms with van der Waals surface area (Å²) in [6.45, 7) is 6.49. The van der Waals surface area contributed by atoms with E-state index in [0.717, 1.165) is 42.0 Å². The fourth-order valence-electron chi connectivity index (χ4n) is 2.99. The van der Waals surface area contributed by atoms with Crippen molar-refractivity contribution in [2.45, 2.75) is 20.8 Å². The van der Waals surface area contributed by atoms with E-state index in [-0.39, 0.29) is 18.6 Å². The first kappa shape index (κ1) is 21.2. The summed E-state index contributed by atoms with van der Waals surface area (Å²) in [5.74, 6) is 0. The number of aryl methyl sites for hydroxylation is 2. The maximum Gasteiger partial charge on any atom is -0.147 e. The van der Waals surface area contributed by atoms with Crippen molar-refractivity contribution < 1.29 is 14.5 Å². The molecule has 3 nitrogen and oxygen atoms in total. The van der Waals surface area contributed by atoms with E-state index in [1.807, 2.05) is 12.3 Å². The summed E-state index contributed by atoms with van der Waals surface area (Å²) in [5, 5.41) is 2.26. The first-order valence-electron chi connectivity index (χ1n) is 8.30. The van der Waals surface area contributed by atoms with Gasteiger partial charge in [-0.25, -0.2) is 0 Å². The normalized spacial score (nSPS) is 11.4. The third-order valence-corrected chi connectivity index (χ3v) is 5.92. The minimum absolute atomic E-state index is 0. The number of nitrogens with zero attached hydrogens (tertiary/aromatic N) is 2. The van der Waals surface area contributed by atoms with Crippen LogP contribution in [0.2, 0.25) is 0 Å². The van der Waals surface area contributed by atoms with Crippen LogP contribution in [0.25, 0.3) is 21.8 Å². The van der Waals surface area contributed by atoms with Crippen molar-refractivity contribution in [2.24, 2.45) is 0 Å². The van der Waals surface area contributed by atoms with Crippen LogP contribution in [0, 0.1) is 13.8 Å². The smallest absolute Gasteiger partial charge is 0.147 e. The Balaban J connectivity index is 0.00000131. The van der Waals surface area contributed by atoms with Gasteiger partial charge in [0, 0.05) is 0 Å². The summed E-state index contributed by atoms with van der Waals surface area (Å²) in [6, 6.07) is 19.2.